The number of hydrogen-bond acceptors (Lipinski definition) is 3. The Labute approximate surface area is 165 Å². The van der Waals surface area contributed by atoms with Crippen LogP contribution >= 0.6 is 0 Å². The fourth-order valence-electron chi connectivity index (χ4n) is 3.16. The number of ether oxygens (including phenoxy) is 1. The summed E-state index contributed by atoms with van der Waals surface area (Å²) >= 11 is 0. The Balaban J connectivity index is 1.74. The second-order valence-corrected chi connectivity index (χ2v) is 7.34. The van der Waals surface area contributed by atoms with Gasteiger partial charge in [-0.15, -0.1) is 0 Å². The van der Waals surface area contributed by atoms with Crippen LogP contribution in [0.25, 0.3) is 11.1 Å². The molecule has 1 heterocycles. The van der Waals surface area contributed by atoms with Gasteiger partial charge in [-0.1, -0.05) is 77.3 Å². The molecule has 1 aromatic heterocycles. The highest BCUT2D eigenvalue weighted by molar-refractivity contribution is 5.62. The summed E-state index contributed by atoms with van der Waals surface area (Å²) in [5.74, 6) is 1.90. The minimum atomic E-state index is 0.801. The highest BCUT2D eigenvalue weighted by atomic mass is 16.5. The van der Waals surface area contributed by atoms with Crippen LogP contribution in [0.2, 0.25) is 0 Å². The molecular weight excluding hydrogens is 332 g/mol. The van der Waals surface area contributed by atoms with E-state index < -0.39 is 0 Å². The van der Waals surface area contributed by atoms with Crippen molar-refractivity contribution in [2.75, 3.05) is 6.61 Å². The van der Waals surface area contributed by atoms with Crippen molar-refractivity contribution in [3.8, 4) is 16.9 Å². The molecule has 27 heavy (non-hydrogen) atoms. The van der Waals surface area contributed by atoms with Crippen LogP contribution in [0.4, 0.5) is 0 Å². The van der Waals surface area contributed by atoms with Gasteiger partial charge in [0.15, 0.2) is 0 Å². The van der Waals surface area contributed by atoms with E-state index in [0.717, 1.165) is 42.1 Å². The third-order valence-corrected chi connectivity index (χ3v) is 4.91. The molecule has 1 aromatic carbocycles. The Morgan fingerprint density at radius 3 is 1.93 bits per heavy atom. The molecule has 0 aliphatic carbocycles. The smallest absolute Gasteiger partial charge is 0.128 e. The van der Waals surface area contributed by atoms with Gasteiger partial charge >= 0.3 is 0 Å². The highest BCUT2D eigenvalue weighted by Crippen LogP contribution is 2.21. The van der Waals surface area contributed by atoms with Crippen LogP contribution < -0.4 is 4.74 Å². The minimum absolute atomic E-state index is 0.801. The maximum Gasteiger partial charge on any atom is 0.128 e. The Hall–Kier alpha value is -1.90. The molecule has 0 N–H and O–H groups in total. The lowest BCUT2D eigenvalue weighted by Gasteiger charge is -2.07. The van der Waals surface area contributed by atoms with Crippen molar-refractivity contribution in [1.82, 2.24) is 9.97 Å². The summed E-state index contributed by atoms with van der Waals surface area (Å²) in [6, 6.07) is 8.26. The first kappa shape index (κ1) is 21.4. The van der Waals surface area contributed by atoms with Gasteiger partial charge in [-0.05, 0) is 30.5 Å². The van der Waals surface area contributed by atoms with E-state index in [9.17, 15) is 0 Å². The molecule has 0 unspecified atom stereocenters. The summed E-state index contributed by atoms with van der Waals surface area (Å²) in [5.41, 5.74) is 2.20. The van der Waals surface area contributed by atoms with Crippen molar-refractivity contribution in [3.63, 3.8) is 0 Å². The van der Waals surface area contributed by atoms with Gasteiger partial charge in [0.2, 0.25) is 0 Å². The summed E-state index contributed by atoms with van der Waals surface area (Å²) in [4.78, 5) is 9.09. The highest BCUT2D eigenvalue weighted by Gasteiger charge is 2.02. The van der Waals surface area contributed by atoms with E-state index in [1.807, 2.05) is 24.5 Å². The fraction of sp³-hybridized carbons (Fsp3) is 0.583. The first-order valence-electron chi connectivity index (χ1n) is 10.9. The number of aromatic nitrogens is 2. The number of aryl methyl sites for hydroxylation is 1. The summed E-state index contributed by atoms with van der Waals surface area (Å²) < 4.78 is 5.81. The van der Waals surface area contributed by atoms with Crippen molar-refractivity contribution in [2.24, 2.45) is 0 Å². The predicted octanol–water partition coefficient (Wildman–Crippen LogP) is 7.01. The maximum absolute atomic E-state index is 5.81. The van der Waals surface area contributed by atoms with E-state index in [4.69, 9.17) is 4.74 Å². The van der Waals surface area contributed by atoms with Crippen LogP contribution in [0.3, 0.4) is 0 Å². The monoisotopic (exact) mass is 368 g/mol. The van der Waals surface area contributed by atoms with Crippen LogP contribution in [0.1, 0.15) is 83.9 Å². The summed E-state index contributed by atoms with van der Waals surface area (Å²) in [6.07, 6.45) is 17.6. The molecule has 3 heteroatoms. The van der Waals surface area contributed by atoms with Crippen molar-refractivity contribution < 1.29 is 4.74 Å². The van der Waals surface area contributed by atoms with Crippen LogP contribution in [-0.4, -0.2) is 16.6 Å². The molecule has 2 rings (SSSR count). The Kier molecular flexibility index (Phi) is 10.5. The van der Waals surface area contributed by atoms with Gasteiger partial charge in [-0.2, -0.15) is 0 Å². The average Bonchev–Trinajstić information content (AvgIpc) is 2.71. The van der Waals surface area contributed by atoms with Crippen LogP contribution in [0, 0.1) is 0 Å². The van der Waals surface area contributed by atoms with Crippen LogP contribution in [0.5, 0.6) is 5.75 Å². The van der Waals surface area contributed by atoms with E-state index in [1.54, 1.807) is 0 Å². The van der Waals surface area contributed by atoms with Crippen molar-refractivity contribution in [3.05, 3.63) is 42.5 Å². The summed E-state index contributed by atoms with van der Waals surface area (Å²) in [5, 5.41) is 0. The molecule has 0 radical (unpaired) electrons. The number of unbranched alkanes of at least 4 members (excludes halogenated alkanes) is 8. The molecule has 0 bridgehead atoms. The van der Waals surface area contributed by atoms with Crippen LogP contribution in [0.15, 0.2) is 36.7 Å². The van der Waals surface area contributed by atoms with Gasteiger partial charge in [0.1, 0.15) is 11.6 Å². The summed E-state index contributed by atoms with van der Waals surface area (Å²) in [7, 11) is 0. The molecule has 0 saturated carbocycles. The van der Waals surface area contributed by atoms with E-state index in [-0.39, 0.29) is 0 Å². The van der Waals surface area contributed by atoms with Gasteiger partial charge in [0, 0.05) is 24.4 Å². The zero-order valence-corrected chi connectivity index (χ0v) is 17.3. The van der Waals surface area contributed by atoms with Crippen molar-refractivity contribution in [1.29, 1.82) is 0 Å². The lowest BCUT2D eigenvalue weighted by molar-refractivity contribution is 0.305. The summed E-state index contributed by atoms with van der Waals surface area (Å²) in [6.45, 7) is 5.28. The van der Waals surface area contributed by atoms with E-state index in [1.165, 1.54) is 57.8 Å². The molecule has 2 aromatic rings. The molecule has 0 amide bonds. The average molecular weight is 369 g/mol. The topological polar surface area (TPSA) is 35.0 Å². The normalized spacial score (nSPS) is 10.9. The van der Waals surface area contributed by atoms with Gasteiger partial charge in [0.05, 0.1) is 6.61 Å². The van der Waals surface area contributed by atoms with Gasteiger partial charge < -0.3 is 4.74 Å². The predicted molar refractivity (Wildman–Crippen MR) is 114 cm³/mol. The van der Waals surface area contributed by atoms with E-state index in [0.29, 0.717) is 0 Å². The maximum atomic E-state index is 5.81. The molecule has 0 spiro atoms. The second kappa shape index (κ2) is 13.3. The van der Waals surface area contributed by atoms with Gasteiger partial charge in [0.25, 0.3) is 0 Å². The second-order valence-electron chi connectivity index (χ2n) is 7.34. The number of hydrogen-bond donors (Lipinski definition) is 0. The zero-order valence-electron chi connectivity index (χ0n) is 17.3. The molecule has 3 nitrogen and oxygen atoms in total. The molecule has 148 valence electrons. The third kappa shape index (κ3) is 8.55. The molecular formula is C24H36N2O. The number of rotatable bonds is 14. The SMILES string of the molecule is CCCCCCCCc1ncc(-c2ccc(OCCCCCC)cc2)cn1. The van der Waals surface area contributed by atoms with Gasteiger partial charge in [-0.3, -0.25) is 0 Å². The van der Waals surface area contributed by atoms with Crippen molar-refractivity contribution >= 4 is 0 Å². The lowest BCUT2D eigenvalue weighted by atomic mass is 10.1. The lowest BCUT2D eigenvalue weighted by Crippen LogP contribution is -1.97. The third-order valence-electron chi connectivity index (χ3n) is 4.91. The van der Waals surface area contributed by atoms with E-state index in [2.05, 4.69) is 35.9 Å². The van der Waals surface area contributed by atoms with Gasteiger partial charge in [-0.25, -0.2) is 9.97 Å². The standard InChI is InChI=1S/C24H36N2O/c1-3-5-7-9-10-11-13-24-25-19-22(20-26-24)21-14-16-23(17-15-21)27-18-12-8-6-4-2/h14-17,19-20H,3-13,18H2,1-2H3. The Morgan fingerprint density at radius 2 is 1.26 bits per heavy atom. The first-order valence-corrected chi connectivity index (χ1v) is 10.9. The first-order chi connectivity index (χ1) is 13.3. The molecule has 0 atom stereocenters. The fourth-order valence-corrected chi connectivity index (χ4v) is 3.16. The molecule has 0 fully saturated rings. The molecule has 0 saturated heterocycles. The quantitative estimate of drug-likeness (QED) is 0.336. The minimum Gasteiger partial charge on any atom is -0.494 e. The largest absolute Gasteiger partial charge is 0.494 e. The van der Waals surface area contributed by atoms with Crippen molar-refractivity contribution in [2.45, 2.75) is 84.5 Å². The number of benzene rings is 1. The zero-order chi connectivity index (χ0) is 19.2. The Morgan fingerprint density at radius 1 is 0.667 bits per heavy atom. The Bertz CT molecular complexity index is 607. The van der Waals surface area contributed by atoms with E-state index >= 15 is 0 Å². The molecule has 0 aliphatic heterocycles. The van der Waals surface area contributed by atoms with Crippen LogP contribution in [-0.2, 0) is 6.42 Å². The molecule has 0 aliphatic rings. The number of nitrogens with zero attached hydrogens (tertiary/aromatic N) is 2.